The van der Waals surface area contributed by atoms with E-state index in [-0.39, 0.29) is 5.95 Å². The molecule has 1 fully saturated rings. The summed E-state index contributed by atoms with van der Waals surface area (Å²) in [5.74, 6) is -0.275. The molecule has 0 spiro atoms. The maximum Gasteiger partial charge on any atom is 0.354 e. The highest BCUT2D eigenvalue weighted by molar-refractivity contribution is 5.10. The smallest absolute Gasteiger partial charge is 0.354 e. The van der Waals surface area contributed by atoms with Crippen molar-refractivity contribution in [3.05, 3.63) is 16.8 Å². The van der Waals surface area contributed by atoms with Crippen LogP contribution in [0.4, 0.5) is 5.95 Å². The van der Waals surface area contributed by atoms with Gasteiger partial charge in [0.25, 0.3) is 0 Å². The van der Waals surface area contributed by atoms with Crippen molar-refractivity contribution in [3.8, 4) is 0 Å². The fourth-order valence-electron chi connectivity index (χ4n) is 1.53. The van der Waals surface area contributed by atoms with Gasteiger partial charge in [0.1, 0.15) is 24.6 Å². The second-order valence-corrected chi connectivity index (χ2v) is 3.46. The Balaban J connectivity index is 2.34. The lowest BCUT2D eigenvalue weighted by Gasteiger charge is -2.16. The highest BCUT2D eigenvalue weighted by Gasteiger charge is 2.43. The fourth-order valence-corrected chi connectivity index (χ4v) is 1.53. The highest BCUT2D eigenvalue weighted by atomic mass is 16.6. The zero-order valence-corrected chi connectivity index (χ0v) is 8.46. The predicted octanol–water partition coefficient (Wildman–Crippen LogP) is -3.17. The number of ether oxygens (including phenoxy) is 1. The van der Waals surface area contributed by atoms with E-state index in [9.17, 15) is 20.1 Å². The van der Waals surface area contributed by atoms with E-state index in [0.717, 1.165) is 10.9 Å². The Morgan fingerprint density at radius 3 is 2.82 bits per heavy atom. The van der Waals surface area contributed by atoms with E-state index in [1.165, 1.54) is 0 Å². The van der Waals surface area contributed by atoms with Crippen molar-refractivity contribution in [2.75, 3.05) is 12.3 Å². The quantitative estimate of drug-likeness (QED) is 0.428. The average Bonchev–Trinajstić information content (AvgIpc) is 2.56. The van der Waals surface area contributed by atoms with Crippen molar-refractivity contribution in [1.29, 1.82) is 0 Å². The van der Waals surface area contributed by atoms with Gasteiger partial charge >= 0.3 is 5.69 Å². The molecule has 5 N–H and O–H groups in total. The molecule has 0 radical (unpaired) electrons. The van der Waals surface area contributed by atoms with Crippen LogP contribution in [-0.4, -0.2) is 54.7 Å². The lowest BCUT2D eigenvalue weighted by atomic mass is 10.1. The molecule has 0 aliphatic carbocycles. The van der Waals surface area contributed by atoms with Crippen LogP contribution in [0.15, 0.2) is 11.1 Å². The number of rotatable bonds is 2. The Hall–Kier alpha value is -1.55. The molecule has 0 bridgehead atoms. The molecule has 9 nitrogen and oxygen atoms in total. The van der Waals surface area contributed by atoms with Gasteiger partial charge in [-0.15, -0.1) is 0 Å². The minimum Gasteiger partial charge on any atom is -0.394 e. The third-order valence-electron chi connectivity index (χ3n) is 2.39. The van der Waals surface area contributed by atoms with Crippen LogP contribution in [-0.2, 0) is 4.74 Å². The molecule has 0 saturated carbocycles. The van der Waals surface area contributed by atoms with Crippen LogP contribution in [0.25, 0.3) is 0 Å². The Labute approximate surface area is 97.9 Å². The van der Waals surface area contributed by atoms with Gasteiger partial charge in [0, 0.05) is 0 Å². The maximum absolute atomic E-state index is 11.5. The molecule has 1 unspecified atom stereocenters. The standard InChI is InChI=1S/C8H12N4O5/c9-7-10-2-12(8(16)11-7)6-5(15)4(14)3(1-13)17-6/h2-6,13-15H,1H2,(H2,9,11,16)/t3-,4?,5+,6-/m1/s1/i1D2. The van der Waals surface area contributed by atoms with Crippen molar-refractivity contribution >= 4 is 5.95 Å². The monoisotopic (exact) mass is 246 g/mol. The van der Waals surface area contributed by atoms with E-state index >= 15 is 0 Å². The molecule has 2 rings (SSSR count). The Morgan fingerprint density at radius 1 is 1.59 bits per heavy atom. The predicted molar refractivity (Wildman–Crippen MR) is 53.7 cm³/mol. The lowest BCUT2D eigenvalue weighted by Crippen LogP contribution is -2.36. The average molecular weight is 246 g/mol. The van der Waals surface area contributed by atoms with Gasteiger partial charge in [-0.1, -0.05) is 0 Å². The number of hydrogen-bond donors (Lipinski definition) is 4. The number of anilines is 1. The van der Waals surface area contributed by atoms with Crippen molar-refractivity contribution < 1.29 is 22.8 Å². The van der Waals surface area contributed by atoms with Crippen LogP contribution in [0.3, 0.4) is 0 Å². The molecule has 1 aliphatic rings. The Morgan fingerprint density at radius 2 is 2.29 bits per heavy atom. The molecular weight excluding hydrogens is 232 g/mol. The summed E-state index contributed by atoms with van der Waals surface area (Å²) >= 11 is 0. The van der Waals surface area contributed by atoms with Gasteiger partial charge in [-0.25, -0.2) is 9.78 Å². The van der Waals surface area contributed by atoms with Crippen LogP contribution in [0.5, 0.6) is 0 Å². The Bertz CT molecular complexity index is 533. The molecule has 0 amide bonds. The minimum atomic E-state index is -2.88. The first-order chi connectivity index (χ1) is 8.71. The number of hydrogen-bond acceptors (Lipinski definition) is 8. The largest absolute Gasteiger partial charge is 0.394 e. The summed E-state index contributed by atoms with van der Waals surface area (Å²) in [6.45, 7) is -2.88. The summed E-state index contributed by atoms with van der Waals surface area (Å²) in [4.78, 5) is 18.4. The second-order valence-electron chi connectivity index (χ2n) is 3.46. The lowest BCUT2D eigenvalue weighted by molar-refractivity contribution is -0.0554. The third-order valence-corrected chi connectivity index (χ3v) is 2.39. The molecular formula is C8H12N4O5. The normalized spacial score (nSPS) is 35.5. The summed E-state index contributed by atoms with van der Waals surface area (Å²) in [5, 5.41) is 28.5. The number of aromatic nitrogens is 3. The van der Waals surface area contributed by atoms with Crippen LogP contribution in [0.1, 0.15) is 8.97 Å². The van der Waals surface area contributed by atoms with Crippen molar-refractivity contribution in [1.82, 2.24) is 14.5 Å². The third kappa shape index (κ3) is 2.00. The van der Waals surface area contributed by atoms with E-state index in [0.29, 0.717) is 0 Å². The number of aliphatic hydroxyl groups excluding tert-OH is 2. The SMILES string of the molecule is [2H]C([2H])(O)[C@H]1O[C@@H](n2cnc(N)nc2=O)[C@@H](O)C1O. The first-order valence-electron chi connectivity index (χ1n) is 5.66. The van der Waals surface area contributed by atoms with Gasteiger partial charge in [-0.2, -0.15) is 4.98 Å². The van der Waals surface area contributed by atoms with Gasteiger partial charge in [-0.3, -0.25) is 4.57 Å². The number of aliphatic hydroxyl groups is 3. The second kappa shape index (κ2) is 4.37. The minimum absolute atomic E-state index is 0.275. The highest BCUT2D eigenvalue weighted by Crippen LogP contribution is 2.27. The molecule has 2 heterocycles. The molecule has 1 aromatic rings. The number of nitrogen functional groups attached to an aromatic ring is 1. The van der Waals surface area contributed by atoms with Gasteiger partial charge in [0.2, 0.25) is 5.95 Å². The summed E-state index contributed by atoms with van der Waals surface area (Å²) in [6.07, 6.45) is -5.53. The van der Waals surface area contributed by atoms with Crippen LogP contribution < -0.4 is 11.4 Å². The molecule has 1 saturated heterocycles. The summed E-state index contributed by atoms with van der Waals surface area (Å²) < 4.78 is 19.9. The molecule has 1 aromatic heterocycles. The molecule has 94 valence electrons. The zero-order chi connectivity index (χ0) is 14.4. The van der Waals surface area contributed by atoms with Gasteiger partial charge in [0.15, 0.2) is 6.23 Å². The molecule has 9 heteroatoms. The van der Waals surface area contributed by atoms with E-state index in [2.05, 4.69) is 9.97 Å². The topological polar surface area (TPSA) is 144 Å². The van der Waals surface area contributed by atoms with E-state index < -0.39 is 36.8 Å². The van der Waals surface area contributed by atoms with Crippen LogP contribution in [0.2, 0.25) is 0 Å². The van der Waals surface area contributed by atoms with Gasteiger partial charge in [0.05, 0.1) is 9.30 Å². The zero-order valence-electron chi connectivity index (χ0n) is 10.5. The fraction of sp³-hybridized carbons (Fsp3) is 0.625. The van der Waals surface area contributed by atoms with Gasteiger partial charge in [-0.05, 0) is 0 Å². The molecule has 0 aromatic carbocycles. The van der Waals surface area contributed by atoms with Crippen molar-refractivity contribution in [3.63, 3.8) is 0 Å². The Kier molecular flexibility index (Phi) is 2.44. The molecule has 17 heavy (non-hydrogen) atoms. The first-order valence-corrected chi connectivity index (χ1v) is 4.66. The summed E-state index contributed by atoms with van der Waals surface area (Å²) in [7, 11) is 0. The summed E-state index contributed by atoms with van der Waals surface area (Å²) in [6, 6.07) is 0. The number of nitrogens with two attached hydrogens (primary N) is 1. The van der Waals surface area contributed by atoms with Gasteiger partial charge < -0.3 is 25.8 Å². The number of nitrogens with zero attached hydrogens (tertiary/aromatic N) is 3. The molecule has 4 atom stereocenters. The molecule has 1 aliphatic heterocycles. The van der Waals surface area contributed by atoms with Crippen molar-refractivity contribution in [2.24, 2.45) is 0 Å². The first kappa shape index (κ1) is 9.48. The summed E-state index contributed by atoms with van der Waals surface area (Å²) in [5.41, 5.74) is 4.31. The van der Waals surface area contributed by atoms with Crippen molar-refractivity contribution in [2.45, 2.75) is 24.5 Å². The van der Waals surface area contributed by atoms with E-state index in [1.807, 2.05) is 0 Å². The maximum atomic E-state index is 11.5. The van der Waals surface area contributed by atoms with Crippen LogP contribution in [0, 0.1) is 0 Å². The van der Waals surface area contributed by atoms with E-state index in [4.69, 9.17) is 13.2 Å². The van der Waals surface area contributed by atoms with E-state index in [1.54, 1.807) is 0 Å². The van der Waals surface area contributed by atoms with Crippen LogP contribution >= 0.6 is 0 Å².